The quantitative estimate of drug-likeness (QED) is 0.723. The van der Waals surface area contributed by atoms with Crippen molar-refractivity contribution in [2.75, 3.05) is 31.1 Å². The lowest BCUT2D eigenvalue weighted by atomic mass is 10.1. The van der Waals surface area contributed by atoms with Crippen LogP contribution in [-0.2, 0) is 16.1 Å². The van der Waals surface area contributed by atoms with Crippen LogP contribution >= 0.6 is 0 Å². The van der Waals surface area contributed by atoms with Crippen molar-refractivity contribution < 1.29 is 24.6 Å². The van der Waals surface area contributed by atoms with Crippen molar-refractivity contribution in [3.05, 3.63) is 59.7 Å². The number of hydrogen-bond donors (Lipinski definition) is 2. The van der Waals surface area contributed by atoms with Crippen LogP contribution in [0, 0.1) is 0 Å². The number of nitrogens with zero attached hydrogens (tertiary/aromatic N) is 3. The SMILES string of the molecule is O=C(O)c1ccc(N2C(=O)CC(N3CCN(Cc4ccccc4)CC3)C2=O)cc1O. The maximum atomic E-state index is 13.0. The smallest absolute Gasteiger partial charge is 0.339 e. The van der Waals surface area contributed by atoms with Crippen LogP contribution in [0.15, 0.2) is 48.5 Å². The first-order chi connectivity index (χ1) is 14.4. The number of hydrogen-bond acceptors (Lipinski definition) is 6. The minimum Gasteiger partial charge on any atom is -0.507 e. The summed E-state index contributed by atoms with van der Waals surface area (Å²) in [7, 11) is 0. The number of aromatic hydroxyl groups is 1. The van der Waals surface area contributed by atoms with Crippen molar-refractivity contribution in [1.29, 1.82) is 0 Å². The third kappa shape index (κ3) is 3.92. The largest absolute Gasteiger partial charge is 0.507 e. The van der Waals surface area contributed by atoms with Crippen molar-refractivity contribution >= 4 is 23.5 Å². The fourth-order valence-electron chi connectivity index (χ4n) is 4.09. The highest BCUT2D eigenvalue weighted by Gasteiger charge is 2.43. The average molecular weight is 409 g/mol. The van der Waals surface area contributed by atoms with Gasteiger partial charge >= 0.3 is 5.97 Å². The summed E-state index contributed by atoms with van der Waals surface area (Å²) in [4.78, 5) is 42.0. The summed E-state index contributed by atoms with van der Waals surface area (Å²) in [6.45, 7) is 3.84. The van der Waals surface area contributed by atoms with E-state index in [-0.39, 0.29) is 29.5 Å². The molecule has 2 amide bonds. The number of carbonyl (C=O) groups is 3. The molecule has 30 heavy (non-hydrogen) atoms. The Bertz CT molecular complexity index is 970. The van der Waals surface area contributed by atoms with E-state index in [2.05, 4.69) is 17.0 Å². The number of carboxylic acids is 1. The lowest BCUT2D eigenvalue weighted by molar-refractivity contribution is -0.123. The second kappa shape index (κ2) is 8.25. The van der Waals surface area contributed by atoms with Crippen molar-refractivity contribution in [2.24, 2.45) is 0 Å². The van der Waals surface area contributed by atoms with Gasteiger partial charge in [0.05, 0.1) is 18.2 Å². The second-order valence-electron chi connectivity index (χ2n) is 7.59. The molecule has 2 aliphatic rings. The minimum atomic E-state index is -1.27. The second-order valence-corrected chi connectivity index (χ2v) is 7.59. The molecule has 2 N–H and O–H groups in total. The van der Waals surface area contributed by atoms with Gasteiger partial charge in [-0.25, -0.2) is 9.69 Å². The van der Waals surface area contributed by atoms with E-state index in [9.17, 15) is 19.5 Å². The average Bonchev–Trinajstić information content (AvgIpc) is 3.03. The molecular weight excluding hydrogens is 386 g/mol. The Labute approximate surface area is 173 Å². The Hall–Kier alpha value is -3.23. The van der Waals surface area contributed by atoms with Crippen molar-refractivity contribution in [3.63, 3.8) is 0 Å². The first-order valence-electron chi connectivity index (χ1n) is 9.87. The van der Waals surface area contributed by atoms with Crippen molar-refractivity contribution in [2.45, 2.75) is 19.0 Å². The monoisotopic (exact) mass is 409 g/mol. The molecule has 0 saturated carbocycles. The number of carbonyl (C=O) groups excluding carboxylic acids is 2. The van der Waals surface area contributed by atoms with Crippen LogP contribution in [0.3, 0.4) is 0 Å². The maximum absolute atomic E-state index is 13.0. The van der Waals surface area contributed by atoms with E-state index in [1.54, 1.807) is 0 Å². The standard InChI is InChI=1S/C22H23N3O5/c26-19-12-16(6-7-17(19)22(29)30)25-20(27)13-18(21(25)28)24-10-8-23(9-11-24)14-15-4-2-1-3-5-15/h1-7,12,18,26H,8-11,13-14H2,(H,29,30). The summed E-state index contributed by atoms with van der Waals surface area (Å²) in [6.07, 6.45) is 0.0823. The molecule has 8 nitrogen and oxygen atoms in total. The predicted molar refractivity (Wildman–Crippen MR) is 109 cm³/mol. The molecule has 0 spiro atoms. The summed E-state index contributed by atoms with van der Waals surface area (Å²) in [5.74, 6) is -2.43. The van der Waals surface area contributed by atoms with Gasteiger partial charge in [0.25, 0.3) is 5.91 Å². The number of rotatable bonds is 5. The van der Waals surface area contributed by atoms with E-state index in [0.717, 1.165) is 30.6 Å². The Balaban J connectivity index is 1.41. The molecule has 0 radical (unpaired) electrons. The van der Waals surface area contributed by atoms with E-state index in [1.807, 2.05) is 23.1 Å². The Morgan fingerprint density at radius 3 is 2.33 bits per heavy atom. The van der Waals surface area contributed by atoms with Gasteiger partial charge < -0.3 is 10.2 Å². The number of anilines is 1. The van der Waals surface area contributed by atoms with Crippen LogP contribution in [0.4, 0.5) is 5.69 Å². The van der Waals surface area contributed by atoms with Gasteiger partial charge in [-0.05, 0) is 17.7 Å². The Kier molecular flexibility index (Phi) is 5.52. The van der Waals surface area contributed by atoms with Crippen LogP contribution < -0.4 is 4.90 Å². The van der Waals surface area contributed by atoms with Crippen molar-refractivity contribution in [1.82, 2.24) is 9.80 Å². The lowest BCUT2D eigenvalue weighted by Gasteiger charge is -2.37. The molecule has 0 aliphatic carbocycles. The van der Waals surface area contributed by atoms with Crippen molar-refractivity contribution in [3.8, 4) is 5.75 Å². The van der Waals surface area contributed by atoms with Crippen LogP contribution in [0.25, 0.3) is 0 Å². The van der Waals surface area contributed by atoms with E-state index in [4.69, 9.17) is 5.11 Å². The molecule has 8 heteroatoms. The fourth-order valence-corrected chi connectivity index (χ4v) is 4.09. The normalized spacial score (nSPS) is 20.7. The van der Waals surface area contributed by atoms with Gasteiger partial charge in [0.1, 0.15) is 11.3 Å². The first kappa shape index (κ1) is 20.1. The number of aromatic carboxylic acids is 1. The summed E-state index contributed by atoms with van der Waals surface area (Å²) in [5, 5.41) is 18.9. The molecule has 2 fully saturated rings. The number of carboxylic acid groups (broad SMARTS) is 1. The molecule has 0 bridgehead atoms. The maximum Gasteiger partial charge on any atom is 0.339 e. The van der Waals surface area contributed by atoms with Crippen LogP contribution in [0.1, 0.15) is 22.3 Å². The van der Waals surface area contributed by atoms with Gasteiger partial charge in [0, 0.05) is 38.8 Å². The zero-order chi connectivity index (χ0) is 21.3. The van der Waals surface area contributed by atoms with Gasteiger partial charge in [0.2, 0.25) is 5.91 Å². The Morgan fingerprint density at radius 1 is 1.00 bits per heavy atom. The third-order valence-corrected chi connectivity index (χ3v) is 5.69. The zero-order valence-corrected chi connectivity index (χ0v) is 16.4. The number of phenols is 1. The molecule has 4 rings (SSSR count). The molecule has 0 aromatic heterocycles. The Morgan fingerprint density at radius 2 is 1.70 bits per heavy atom. The summed E-state index contributed by atoms with van der Waals surface area (Å²) < 4.78 is 0. The highest BCUT2D eigenvalue weighted by Crippen LogP contribution is 2.30. The highest BCUT2D eigenvalue weighted by molar-refractivity contribution is 6.22. The topological polar surface area (TPSA) is 101 Å². The highest BCUT2D eigenvalue weighted by atomic mass is 16.4. The summed E-state index contributed by atoms with van der Waals surface area (Å²) >= 11 is 0. The van der Waals surface area contributed by atoms with Gasteiger partial charge in [-0.1, -0.05) is 30.3 Å². The molecule has 2 heterocycles. The molecule has 2 aliphatic heterocycles. The van der Waals surface area contributed by atoms with E-state index in [0.29, 0.717) is 13.1 Å². The van der Waals surface area contributed by atoms with Crippen LogP contribution in [-0.4, -0.2) is 70.0 Å². The van der Waals surface area contributed by atoms with E-state index in [1.165, 1.54) is 17.7 Å². The van der Waals surface area contributed by atoms with Crippen LogP contribution in [0.2, 0.25) is 0 Å². The zero-order valence-electron chi connectivity index (χ0n) is 16.4. The number of amides is 2. The van der Waals surface area contributed by atoms with Gasteiger partial charge in [0.15, 0.2) is 0 Å². The van der Waals surface area contributed by atoms with Crippen LogP contribution in [0.5, 0.6) is 5.75 Å². The molecule has 156 valence electrons. The molecule has 2 saturated heterocycles. The van der Waals surface area contributed by atoms with E-state index < -0.39 is 17.8 Å². The van der Waals surface area contributed by atoms with Gasteiger partial charge in [-0.15, -0.1) is 0 Å². The third-order valence-electron chi connectivity index (χ3n) is 5.69. The number of benzene rings is 2. The number of imide groups is 1. The van der Waals surface area contributed by atoms with Gasteiger partial charge in [-0.2, -0.15) is 0 Å². The minimum absolute atomic E-state index is 0.0823. The fraction of sp³-hybridized carbons (Fsp3) is 0.318. The summed E-state index contributed by atoms with van der Waals surface area (Å²) in [5.41, 5.74) is 1.16. The lowest BCUT2D eigenvalue weighted by Crippen LogP contribution is -2.52. The molecule has 1 unspecified atom stereocenters. The number of piperazine rings is 1. The molecular formula is C22H23N3O5. The molecule has 2 aromatic carbocycles. The summed E-state index contributed by atoms with van der Waals surface area (Å²) in [6, 6.07) is 13.4. The first-order valence-corrected chi connectivity index (χ1v) is 9.87. The van der Waals surface area contributed by atoms with Gasteiger partial charge in [-0.3, -0.25) is 19.4 Å². The molecule has 1 atom stereocenters. The van der Waals surface area contributed by atoms with E-state index >= 15 is 0 Å². The predicted octanol–water partition coefficient (Wildman–Crippen LogP) is 1.54. The molecule has 2 aromatic rings.